The van der Waals surface area contributed by atoms with Gasteiger partial charge in [-0.3, -0.25) is 4.57 Å². The van der Waals surface area contributed by atoms with E-state index in [-0.39, 0.29) is 30.5 Å². The van der Waals surface area contributed by atoms with Crippen molar-refractivity contribution in [2.75, 3.05) is 12.1 Å². The fourth-order valence-electron chi connectivity index (χ4n) is 2.17. The molecule has 2 N–H and O–H groups in total. The van der Waals surface area contributed by atoms with E-state index in [0.29, 0.717) is 17.7 Å². The highest BCUT2D eigenvalue weighted by molar-refractivity contribution is 7.53. The summed E-state index contributed by atoms with van der Waals surface area (Å²) in [4.78, 5) is 8.00. The van der Waals surface area contributed by atoms with Gasteiger partial charge in [0.2, 0.25) is 0 Å². The van der Waals surface area contributed by atoms with Crippen LogP contribution >= 0.6 is 7.60 Å². The highest BCUT2D eigenvalue weighted by Gasteiger charge is 2.29. The van der Waals surface area contributed by atoms with Crippen LogP contribution in [0.25, 0.3) is 11.2 Å². The van der Waals surface area contributed by atoms with Crippen LogP contribution in [0.2, 0.25) is 0 Å². The van der Waals surface area contributed by atoms with E-state index in [0.717, 1.165) is 0 Å². The first-order chi connectivity index (χ1) is 11.7. The van der Waals surface area contributed by atoms with E-state index in [4.69, 9.17) is 19.5 Å². The van der Waals surface area contributed by atoms with E-state index in [9.17, 15) is 4.57 Å². The summed E-state index contributed by atoms with van der Waals surface area (Å²) < 4.78 is 30.9. The lowest BCUT2D eigenvalue weighted by atomic mass is 10.4. The summed E-state index contributed by atoms with van der Waals surface area (Å²) >= 11 is 0. The molecule has 2 rings (SSSR count). The van der Waals surface area contributed by atoms with Gasteiger partial charge in [-0.25, -0.2) is 14.6 Å². The first-order valence-corrected chi connectivity index (χ1v) is 9.80. The van der Waals surface area contributed by atoms with E-state index >= 15 is 0 Å². The molecule has 0 aliphatic heterocycles. The summed E-state index contributed by atoms with van der Waals surface area (Å²) in [6.07, 6.45) is 0.421. The Morgan fingerprint density at radius 2 is 1.80 bits per heavy atom. The van der Waals surface area contributed by atoms with Crippen molar-refractivity contribution in [2.45, 2.75) is 59.5 Å². The van der Waals surface area contributed by atoms with Crippen LogP contribution in [0.5, 0.6) is 0 Å². The number of hydrogen-bond donors (Lipinski definition) is 1. The molecular formula is C14H25N6O4P. The van der Waals surface area contributed by atoms with E-state index < -0.39 is 7.60 Å². The van der Waals surface area contributed by atoms with Crippen LogP contribution in [0.4, 0.5) is 5.82 Å². The van der Waals surface area contributed by atoms with Crippen molar-refractivity contribution in [3.05, 3.63) is 6.33 Å². The van der Waals surface area contributed by atoms with Crippen molar-refractivity contribution < 1.29 is 18.3 Å². The molecule has 0 spiro atoms. The van der Waals surface area contributed by atoms with Crippen molar-refractivity contribution in [3.8, 4) is 0 Å². The summed E-state index contributed by atoms with van der Waals surface area (Å²) in [6.45, 7) is 9.37. The zero-order valence-corrected chi connectivity index (χ0v) is 16.0. The number of nitrogen functional groups attached to an aromatic ring is 1. The number of hydrogen-bond acceptors (Lipinski definition) is 9. The molecule has 1 unspecified atom stereocenters. The molecule has 140 valence electrons. The number of rotatable bonds is 9. The Morgan fingerprint density at radius 3 is 2.40 bits per heavy atom. The van der Waals surface area contributed by atoms with Crippen molar-refractivity contribution >= 4 is 24.6 Å². The molecule has 10 nitrogen and oxygen atoms in total. The highest BCUT2D eigenvalue weighted by atomic mass is 31.2. The first-order valence-electron chi connectivity index (χ1n) is 8.07. The molecule has 0 saturated carbocycles. The Hall–Kier alpha value is -1.61. The molecule has 25 heavy (non-hydrogen) atoms. The van der Waals surface area contributed by atoms with Gasteiger partial charge >= 0.3 is 7.60 Å². The lowest BCUT2D eigenvalue weighted by molar-refractivity contribution is 0.0529. The molecule has 0 bridgehead atoms. The van der Waals surface area contributed by atoms with Crippen molar-refractivity contribution in [1.82, 2.24) is 25.0 Å². The Kier molecular flexibility index (Phi) is 6.45. The monoisotopic (exact) mass is 372 g/mol. The van der Waals surface area contributed by atoms with Gasteiger partial charge in [0.1, 0.15) is 12.7 Å². The van der Waals surface area contributed by atoms with E-state index in [1.54, 1.807) is 32.4 Å². The smallest absolute Gasteiger partial charge is 0.356 e. The summed E-state index contributed by atoms with van der Waals surface area (Å²) in [5, 5.41) is 7.97. The third-order valence-electron chi connectivity index (χ3n) is 3.02. The van der Waals surface area contributed by atoms with Crippen molar-refractivity contribution in [3.63, 3.8) is 0 Å². The van der Waals surface area contributed by atoms with Gasteiger partial charge in [-0.15, -0.1) is 5.10 Å². The third kappa shape index (κ3) is 5.43. The summed E-state index contributed by atoms with van der Waals surface area (Å²) in [5.41, 5.74) is 6.69. The minimum absolute atomic E-state index is 0.145. The summed E-state index contributed by atoms with van der Waals surface area (Å²) in [7, 11) is -3.34. The van der Waals surface area contributed by atoms with Gasteiger partial charge in [0.25, 0.3) is 0 Å². The molecule has 2 aromatic heterocycles. The van der Waals surface area contributed by atoms with Crippen LogP contribution in [0, 0.1) is 0 Å². The van der Waals surface area contributed by atoms with Gasteiger partial charge in [-0.1, -0.05) is 5.21 Å². The minimum Gasteiger partial charge on any atom is -0.382 e. The number of fused-ring (bicyclic) bond motifs is 1. The quantitative estimate of drug-likeness (QED) is 0.659. The van der Waals surface area contributed by atoms with Crippen LogP contribution < -0.4 is 5.73 Å². The second-order valence-electron chi connectivity index (χ2n) is 6.23. The largest absolute Gasteiger partial charge is 0.382 e. The lowest BCUT2D eigenvalue weighted by Crippen LogP contribution is -2.20. The Morgan fingerprint density at radius 1 is 1.16 bits per heavy atom. The van der Waals surface area contributed by atoms with E-state index in [1.807, 2.05) is 6.92 Å². The lowest BCUT2D eigenvalue weighted by Gasteiger charge is -2.24. The zero-order chi connectivity index (χ0) is 18.6. The number of nitrogens with two attached hydrogens (primary N) is 1. The van der Waals surface area contributed by atoms with Gasteiger partial charge in [0, 0.05) is 0 Å². The second-order valence-corrected chi connectivity index (χ2v) is 8.13. The van der Waals surface area contributed by atoms with Crippen molar-refractivity contribution in [1.29, 1.82) is 0 Å². The van der Waals surface area contributed by atoms with Gasteiger partial charge in [-0.05, 0) is 34.6 Å². The number of aromatic nitrogens is 5. The predicted molar refractivity (Wildman–Crippen MR) is 93.0 cm³/mol. The van der Waals surface area contributed by atoms with Gasteiger partial charge in [0.15, 0.2) is 17.0 Å². The number of anilines is 1. The molecule has 0 aliphatic rings. The molecule has 0 fully saturated rings. The fraction of sp³-hybridized carbons (Fsp3) is 0.714. The fourth-order valence-corrected chi connectivity index (χ4v) is 4.07. The maximum Gasteiger partial charge on any atom is 0.356 e. The standard InChI is InChI=1S/C14H25N6O4P/c1-9(2)23-25(21,24-10(3)4)8-22-11(5)6-20-14-12(18-19-20)13(15)16-7-17-14/h7,9-11H,6,8H2,1-5H3,(H2,15,16,17). The topological polar surface area (TPSA) is 127 Å². The minimum atomic E-state index is -3.34. The molecular weight excluding hydrogens is 347 g/mol. The van der Waals surface area contributed by atoms with E-state index in [1.165, 1.54) is 6.33 Å². The van der Waals surface area contributed by atoms with Crippen molar-refractivity contribution in [2.24, 2.45) is 0 Å². The molecule has 2 aromatic rings. The van der Waals surface area contributed by atoms with Gasteiger partial charge < -0.3 is 19.5 Å². The molecule has 0 saturated heterocycles. The molecule has 0 aromatic carbocycles. The Bertz CT molecular complexity index is 736. The molecule has 0 amide bonds. The molecule has 1 atom stereocenters. The average Bonchev–Trinajstić information content (AvgIpc) is 2.88. The highest BCUT2D eigenvalue weighted by Crippen LogP contribution is 2.50. The predicted octanol–water partition coefficient (Wildman–Crippen LogP) is 2.21. The van der Waals surface area contributed by atoms with Gasteiger partial charge in [0.05, 0.1) is 24.9 Å². The number of ether oxygens (including phenoxy) is 1. The Balaban J connectivity index is 2.01. The van der Waals surface area contributed by atoms with Crippen LogP contribution in [0.3, 0.4) is 0 Å². The van der Waals surface area contributed by atoms with E-state index in [2.05, 4.69) is 20.3 Å². The summed E-state index contributed by atoms with van der Waals surface area (Å²) in [6, 6.07) is 0. The van der Waals surface area contributed by atoms with Gasteiger partial charge in [-0.2, -0.15) is 0 Å². The third-order valence-corrected chi connectivity index (χ3v) is 4.97. The first kappa shape index (κ1) is 19.7. The maximum atomic E-state index is 12.8. The van der Waals surface area contributed by atoms with Crippen LogP contribution in [0.15, 0.2) is 6.33 Å². The molecule has 11 heteroatoms. The SMILES string of the molecule is CC(C)OP(=O)(COC(C)Cn1nnc2c(N)ncnc21)OC(C)C. The molecule has 0 aliphatic carbocycles. The zero-order valence-electron chi connectivity index (χ0n) is 15.1. The average molecular weight is 372 g/mol. The van der Waals surface area contributed by atoms with Crippen LogP contribution in [-0.4, -0.2) is 49.6 Å². The Labute approximate surface area is 146 Å². The normalized spacial score (nSPS) is 13.9. The number of nitrogens with zero attached hydrogens (tertiary/aromatic N) is 5. The molecule has 2 heterocycles. The van der Waals surface area contributed by atoms with Crippen LogP contribution in [0.1, 0.15) is 34.6 Å². The maximum absolute atomic E-state index is 12.8. The second kappa shape index (κ2) is 8.18. The molecule has 0 radical (unpaired) electrons. The van der Waals surface area contributed by atoms with Crippen LogP contribution in [-0.2, 0) is 24.9 Å². The summed E-state index contributed by atoms with van der Waals surface area (Å²) in [5.74, 6) is 0.269.